The van der Waals surface area contributed by atoms with E-state index in [1.165, 1.54) is 12.1 Å². The number of anilines is 2. The van der Waals surface area contributed by atoms with Crippen LogP contribution in [0.2, 0.25) is 5.02 Å². The predicted octanol–water partition coefficient (Wildman–Crippen LogP) is 2.33. The van der Waals surface area contributed by atoms with Gasteiger partial charge in [0.1, 0.15) is 17.3 Å². The number of aromatic nitrogens is 4. The third-order valence-electron chi connectivity index (χ3n) is 5.13. The molecule has 3 aromatic rings. The van der Waals surface area contributed by atoms with E-state index in [9.17, 15) is 14.3 Å². The van der Waals surface area contributed by atoms with E-state index in [1.54, 1.807) is 30.2 Å². The Morgan fingerprint density at radius 1 is 1.38 bits per heavy atom. The van der Waals surface area contributed by atoms with Crippen LogP contribution >= 0.6 is 11.6 Å². The van der Waals surface area contributed by atoms with E-state index in [0.717, 1.165) is 11.3 Å². The van der Waals surface area contributed by atoms with E-state index in [0.29, 0.717) is 42.7 Å². The molecule has 0 aliphatic carbocycles. The zero-order chi connectivity index (χ0) is 22.7. The minimum absolute atomic E-state index is 0.0196. The van der Waals surface area contributed by atoms with E-state index >= 15 is 0 Å². The minimum Gasteiger partial charge on any atom is -0.394 e. The van der Waals surface area contributed by atoms with Crippen LogP contribution in [0.3, 0.4) is 0 Å². The predicted molar refractivity (Wildman–Crippen MR) is 115 cm³/mol. The number of H-pyrrole nitrogens is 1. The maximum atomic E-state index is 13.8. The Bertz CT molecular complexity index is 1150. The summed E-state index contributed by atoms with van der Waals surface area (Å²) in [6, 6.07) is 4.77. The number of benzene rings is 1. The summed E-state index contributed by atoms with van der Waals surface area (Å²) in [7, 11) is 0. The quantitative estimate of drug-likeness (QED) is 0.540. The lowest BCUT2D eigenvalue weighted by molar-refractivity contribution is -0.365. The van der Waals surface area contributed by atoms with Gasteiger partial charge in [-0.3, -0.25) is 0 Å². The van der Waals surface area contributed by atoms with E-state index in [1.807, 2.05) is 6.20 Å². The Labute approximate surface area is 188 Å². The van der Waals surface area contributed by atoms with Gasteiger partial charge in [0.25, 0.3) is 0 Å². The van der Waals surface area contributed by atoms with Crippen molar-refractivity contribution in [2.45, 2.75) is 25.9 Å². The SMILES string of the molecule is Cc1nccc(Nc2nc3c(c[nH+]2)CCN(C(=O)N[C@H](CO)c2ccc(Cl)c(F)c2)C3)n1. The maximum absolute atomic E-state index is 13.8. The molecule has 166 valence electrons. The van der Waals surface area contributed by atoms with Crippen molar-refractivity contribution in [3.8, 4) is 0 Å². The Morgan fingerprint density at radius 3 is 2.97 bits per heavy atom. The summed E-state index contributed by atoms with van der Waals surface area (Å²) in [4.78, 5) is 30.5. The molecule has 32 heavy (non-hydrogen) atoms. The molecule has 1 atom stereocenters. The molecule has 2 aromatic heterocycles. The van der Waals surface area contributed by atoms with E-state index in [4.69, 9.17) is 11.6 Å². The number of nitrogens with one attached hydrogen (secondary N) is 3. The fraction of sp³-hybridized carbons (Fsp3) is 0.286. The van der Waals surface area contributed by atoms with Crippen molar-refractivity contribution < 1.29 is 19.3 Å². The zero-order valence-corrected chi connectivity index (χ0v) is 18.0. The first kappa shape index (κ1) is 21.8. The van der Waals surface area contributed by atoms with Gasteiger partial charge in [-0.1, -0.05) is 22.7 Å². The highest BCUT2D eigenvalue weighted by Crippen LogP contribution is 2.22. The molecule has 11 heteroatoms. The van der Waals surface area contributed by atoms with Crippen molar-refractivity contribution in [2.75, 3.05) is 18.5 Å². The second kappa shape index (κ2) is 9.41. The van der Waals surface area contributed by atoms with Crippen molar-refractivity contribution >= 4 is 29.4 Å². The Kier molecular flexibility index (Phi) is 6.42. The number of aromatic amines is 1. The summed E-state index contributed by atoms with van der Waals surface area (Å²) in [6.45, 7) is 2.19. The summed E-state index contributed by atoms with van der Waals surface area (Å²) in [5.74, 6) is 1.12. The third-order valence-corrected chi connectivity index (χ3v) is 5.43. The Hall–Kier alpha value is -3.37. The summed E-state index contributed by atoms with van der Waals surface area (Å²) < 4.78 is 13.8. The average molecular weight is 459 g/mol. The normalized spacial score (nSPS) is 13.9. The van der Waals surface area contributed by atoms with E-state index < -0.39 is 11.9 Å². The maximum Gasteiger partial charge on any atom is 0.395 e. The Morgan fingerprint density at radius 2 is 2.22 bits per heavy atom. The first-order chi connectivity index (χ1) is 15.4. The molecule has 1 aliphatic heterocycles. The highest BCUT2D eigenvalue weighted by atomic mass is 35.5. The number of halogens is 2. The van der Waals surface area contributed by atoms with Gasteiger partial charge in [-0.15, -0.1) is 0 Å². The van der Waals surface area contributed by atoms with Gasteiger partial charge < -0.3 is 15.3 Å². The van der Waals surface area contributed by atoms with E-state index in [2.05, 4.69) is 30.6 Å². The lowest BCUT2D eigenvalue weighted by Gasteiger charge is -2.28. The topological polar surface area (TPSA) is 117 Å². The monoisotopic (exact) mass is 458 g/mol. The largest absolute Gasteiger partial charge is 0.395 e. The number of carbonyl (C=O) groups is 1. The molecule has 0 unspecified atom stereocenters. The standard InChI is InChI=1S/C21H21ClFN7O2/c1-12-24-6-4-19(26-12)29-20-25-9-14-5-7-30(10-17(14)27-20)21(32)28-18(11-31)13-2-3-15(22)16(23)8-13/h2-4,6,8-9,18,31H,5,7,10-11H2,1H3,(H,28,32)(H,24,25,26,27,29)/p+1/t18-/m1/s1. The first-order valence-corrected chi connectivity index (χ1v) is 10.4. The molecule has 0 spiro atoms. The number of hydrogen-bond donors (Lipinski definition) is 3. The number of fused-ring (bicyclic) bond motifs is 1. The molecule has 0 saturated carbocycles. The average Bonchev–Trinajstić information content (AvgIpc) is 2.78. The molecule has 9 nitrogen and oxygen atoms in total. The van der Waals surface area contributed by atoms with Crippen molar-refractivity contribution in [3.05, 3.63) is 70.1 Å². The fourth-order valence-corrected chi connectivity index (χ4v) is 3.55. The molecule has 0 fully saturated rings. The van der Waals surface area contributed by atoms with Crippen molar-refractivity contribution in [3.63, 3.8) is 0 Å². The number of hydrogen-bond acceptors (Lipinski definition) is 6. The number of aliphatic hydroxyl groups excluding tert-OH is 1. The third kappa shape index (κ3) is 4.92. The Balaban J connectivity index is 1.45. The number of carbonyl (C=O) groups excluding carboxylic acids is 1. The van der Waals surface area contributed by atoms with E-state index in [-0.39, 0.29) is 17.7 Å². The summed E-state index contributed by atoms with van der Waals surface area (Å²) in [5, 5.41) is 15.5. The van der Waals surface area contributed by atoms with Crippen LogP contribution < -0.4 is 15.6 Å². The first-order valence-electron chi connectivity index (χ1n) is 10.0. The lowest BCUT2D eigenvalue weighted by atomic mass is 10.1. The van der Waals surface area contributed by atoms with Gasteiger partial charge in [0.05, 0.1) is 30.4 Å². The van der Waals surface area contributed by atoms with Crippen LogP contribution in [0.5, 0.6) is 0 Å². The molecule has 1 aromatic carbocycles. The number of rotatable bonds is 5. The van der Waals surface area contributed by atoms with Crippen molar-refractivity contribution in [1.29, 1.82) is 0 Å². The van der Waals surface area contributed by atoms with Gasteiger partial charge in [0.15, 0.2) is 5.82 Å². The van der Waals surface area contributed by atoms with Gasteiger partial charge in [0, 0.05) is 24.4 Å². The molecule has 0 radical (unpaired) electrons. The number of nitrogens with zero attached hydrogens (tertiary/aromatic N) is 4. The number of urea groups is 1. The summed E-state index contributed by atoms with van der Waals surface area (Å²) >= 11 is 5.72. The highest BCUT2D eigenvalue weighted by Gasteiger charge is 2.27. The minimum atomic E-state index is -0.758. The molecule has 2 amide bonds. The van der Waals surface area contributed by atoms with Gasteiger partial charge in [0.2, 0.25) is 0 Å². The molecular weight excluding hydrogens is 437 g/mol. The van der Waals surface area contributed by atoms with Crippen molar-refractivity contribution in [1.82, 2.24) is 25.2 Å². The second-order valence-corrected chi connectivity index (χ2v) is 7.77. The van der Waals surface area contributed by atoms with Crippen LogP contribution in [-0.4, -0.2) is 44.1 Å². The van der Waals surface area contributed by atoms with Gasteiger partial charge in [-0.05, 0) is 31.0 Å². The number of aliphatic hydroxyl groups is 1. The molecular formula is C21H22ClFN7O2+. The van der Waals surface area contributed by atoms with Crippen LogP contribution in [0, 0.1) is 12.7 Å². The van der Waals surface area contributed by atoms with Crippen LogP contribution in [0.1, 0.15) is 28.7 Å². The number of aryl methyl sites for hydroxylation is 1. The second-order valence-electron chi connectivity index (χ2n) is 7.36. The summed E-state index contributed by atoms with van der Waals surface area (Å²) in [5.41, 5.74) is 2.19. The lowest BCUT2D eigenvalue weighted by Crippen LogP contribution is -2.45. The highest BCUT2D eigenvalue weighted by molar-refractivity contribution is 6.30. The van der Waals surface area contributed by atoms with Crippen LogP contribution in [-0.2, 0) is 13.0 Å². The smallest absolute Gasteiger partial charge is 0.394 e. The van der Waals surface area contributed by atoms with Crippen molar-refractivity contribution in [2.24, 2.45) is 0 Å². The molecule has 0 saturated heterocycles. The molecule has 3 heterocycles. The summed E-state index contributed by atoms with van der Waals surface area (Å²) in [6.07, 6.45) is 4.14. The molecule has 4 rings (SSSR count). The van der Waals surface area contributed by atoms with Gasteiger partial charge in [-0.25, -0.2) is 29.5 Å². The molecule has 0 bridgehead atoms. The van der Waals surface area contributed by atoms with Gasteiger partial charge >= 0.3 is 12.0 Å². The molecule has 1 aliphatic rings. The zero-order valence-electron chi connectivity index (χ0n) is 17.3. The van der Waals surface area contributed by atoms with Crippen LogP contribution in [0.15, 0.2) is 36.7 Å². The van der Waals surface area contributed by atoms with Crippen LogP contribution in [0.25, 0.3) is 0 Å². The number of amides is 2. The fourth-order valence-electron chi connectivity index (χ4n) is 3.43. The van der Waals surface area contributed by atoms with Gasteiger partial charge in [-0.2, -0.15) is 0 Å². The van der Waals surface area contributed by atoms with Crippen LogP contribution in [0.4, 0.5) is 21.0 Å². The molecule has 4 N–H and O–H groups in total.